The molecule has 1 aliphatic heterocycles. The molecule has 3 rings (SSSR count). The van der Waals surface area contributed by atoms with Gasteiger partial charge in [0.1, 0.15) is 11.2 Å². The van der Waals surface area contributed by atoms with Gasteiger partial charge in [-0.2, -0.15) is 5.10 Å². The van der Waals surface area contributed by atoms with Gasteiger partial charge in [-0.15, -0.1) is 0 Å². The van der Waals surface area contributed by atoms with Crippen molar-refractivity contribution in [1.29, 1.82) is 0 Å². The van der Waals surface area contributed by atoms with Crippen molar-refractivity contribution >= 4 is 11.9 Å². The van der Waals surface area contributed by atoms with Gasteiger partial charge < -0.3 is 10.0 Å². The summed E-state index contributed by atoms with van der Waals surface area (Å²) in [6.45, 7) is 2.15. The fourth-order valence-corrected chi connectivity index (χ4v) is 3.08. The molecule has 130 valence electrons. The van der Waals surface area contributed by atoms with Crippen molar-refractivity contribution in [3.05, 3.63) is 64.1 Å². The normalized spacial score (nSPS) is 19.8. The number of carboxylic acids is 1. The number of aliphatic carboxylic acids is 1. The monoisotopic (exact) mass is 341 g/mol. The van der Waals surface area contributed by atoms with Crippen molar-refractivity contribution < 1.29 is 14.7 Å². The van der Waals surface area contributed by atoms with Crippen LogP contribution in [0.3, 0.4) is 0 Å². The molecule has 0 aliphatic carbocycles. The number of likely N-dealkylation sites (tertiary alicyclic amines) is 1. The van der Waals surface area contributed by atoms with Gasteiger partial charge in [0.25, 0.3) is 11.5 Å². The molecule has 0 spiro atoms. The Morgan fingerprint density at radius 1 is 1.20 bits per heavy atom. The summed E-state index contributed by atoms with van der Waals surface area (Å²) in [6.07, 6.45) is 1.02. The highest BCUT2D eigenvalue weighted by Crippen LogP contribution is 2.30. The second-order valence-corrected chi connectivity index (χ2v) is 6.34. The Morgan fingerprint density at radius 2 is 1.92 bits per heavy atom. The van der Waals surface area contributed by atoms with Gasteiger partial charge in [0.2, 0.25) is 0 Å². The van der Waals surface area contributed by atoms with Crippen molar-refractivity contribution in [3.63, 3.8) is 0 Å². The van der Waals surface area contributed by atoms with Gasteiger partial charge in [0.05, 0.1) is 6.54 Å². The quantitative estimate of drug-likeness (QED) is 0.907. The van der Waals surface area contributed by atoms with Crippen LogP contribution in [0.4, 0.5) is 0 Å². The molecule has 1 atom stereocenters. The predicted octanol–water partition coefficient (Wildman–Crippen LogP) is 1.37. The average Bonchev–Trinajstić information content (AvgIpc) is 3.00. The fraction of sp³-hybridized carbons (Fsp3) is 0.333. The number of rotatable bonds is 4. The summed E-state index contributed by atoms with van der Waals surface area (Å²) < 4.78 is 1.22. The van der Waals surface area contributed by atoms with Crippen LogP contribution in [0.5, 0.6) is 0 Å². The molecule has 1 aliphatic rings. The molecule has 1 fully saturated rings. The number of hydrogen-bond acceptors (Lipinski definition) is 4. The molecule has 0 bridgehead atoms. The Bertz CT molecular complexity index is 862. The summed E-state index contributed by atoms with van der Waals surface area (Å²) in [7, 11) is 0. The third-order valence-electron chi connectivity index (χ3n) is 4.61. The Labute approximate surface area is 144 Å². The van der Waals surface area contributed by atoms with Crippen molar-refractivity contribution in [3.8, 4) is 0 Å². The van der Waals surface area contributed by atoms with Gasteiger partial charge in [-0.1, -0.05) is 30.3 Å². The largest absolute Gasteiger partial charge is 0.480 e. The molecule has 1 saturated heterocycles. The first-order chi connectivity index (χ1) is 11.9. The SMILES string of the molecule is CC1(C(=O)O)CCCN1C(=O)c1ccc(=O)n(Cc2ccccc2)n1. The molecule has 2 heterocycles. The van der Waals surface area contributed by atoms with Crippen LogP contribution in [0.15, 0.2) is 47.3 Å². The van der Waals surface area contributed by atoms with Gasteiger partial charge in [0.15, 0.2) is 0 Å². The summed E-state index contributed by atoms with van der Waals surface area (Å²) in [5.74, 6) is -1.50. The minimum Gasteiger partial charge on any atom is -0.480 e. The number of carbonyl (C=O) groups excluding carboxylic acids is 1. The third kappa shape index (κ3) is 3.17. The Balaban J connectivity index is 1.90. The van der Waals surface area contributed by atoms with E-state index in [-0.39, 0.29) is 17.8 Å². The van der Waals surface area contributed by atoms with E-state index in [1.807, 2.05) is 30.3 Å². The van der Waals surface area contributed by atoms with Crippen LogP contribution in [-0.4, -0.2) is 43.7 Å². The van der Waals surface area contributed by atoms with Crippen molar-refractivity contribution in [1.82, 2.24) is 14.7 Å². The van der Waals surface area contributed by atoms with Gasteiger partial charge >= 0.3 is 5.97 Å². The Hall–Kier alpha value is -2.96. The first-order valence-corrected chi connectivity index (χ1v) is 8.09. The third-order valence-corrected chi connectivity index (χ3v) is 4.61. The highest BCUT2D eigenvalue weighted by atomic mass is 16.4. The Kier molecular flexibility index (Phi) is 4.39. The van der Waals surface area contributed by atoms with Gasteiger partial charge in [-0.05, 0) is 31.4 Å². The van der Waals surface area contributed by atoms with E-state index in [1.54, 1.807) is 6.92 Å². The fourth-order valence-electron chi connectivity index (χ4n) is 3.08. The van der Waals surface area contributed by atoms with Gasteiger partial charge in [-0.25, -0.2) is 9.48 Å². The number of hydrogen-bond donors (Lipinski definition) is 1. The lowest BCUT2D eigenvalue weighted by Gasteiger charge is -2.30. The average molecular weight is 341 g/mol. The molecule has 7 nitrogen and oxygen atoms in total. The van der Waals surface area contributed by atoms with Crippen LogP contribution in [0, 0.1) is 0 Å². The number of benzene rings is 1. The maximum Gasteiger partial charge on any atom is 0.329 e. The van der Waals surface area contributed by atoms with Crippen LogP contribution in [0.2, 0.25) is 0 Å². The van der Waals surface area contributed by atoms with Crippen LogP contribution >= 0.6 is 0 Å². The van der Waals surface area contributed by atoms with Crippen LogP contribution < -0.4 is 5.56 Å². The van der Waals surface area contributed by atoms with E-state index in [0.29, 0.717) is 19.4 Å². The van der Waals surface area contributed by atoms with E-state index >= 15 is 0 Å². The second kappa shape index (κ2) is 6.51. The highest BCUT2D eigenvalue weighted by molar-refractivity contribution is 5.96. The summed E-state index contributed by atoms with van der Waals surface area (Å²) in [4.78, 5) is 37.7. The molecule has 25 heavy (non-hydrogen) atoms. The number of aromatic nitrogens is 2. The zero-order chi connectivity index (χ0) is 18.0. The number of nitrogens with zero attached hydrogens (tertiary/aromatic N) is 3. The van der Waals surface area contributed by atoms with Crippen molar-refractivity contribution in [2.24, 2.45) is 0 Å². The lowest BCUT2D eigenvalue weighted by molar-refractivity contribution is -0.147. The number of carbonyl (C=O) groups is 2. The number of amides is 1. The summed E-state index contributed by atoms with van der Waals surface area (Å²) in [6, 6.07) is 12.0. The highest BCUT2D eigenvalue weighted by Gasteiger charge is 2.46. The predicted molar refractivity (Wildman–Crippen MR) is 90.4 cm³/mol. The van der Waals surface area contributed by atoms with E-state index in [4.69, 9.17) is 0 Å². The standard InChI is InChI=1S/C18H19N3O4/c1-18(17(24)25)10-5-11-20(18)16(23)14-8-9-15(22)21(19-14)12-13-6-3-2-4-7-13/h2-4,6-9H,5,10-12H2,1H3,(H,24,25). The smallest absolute Gasteiger partial charge is 0.329 e. The van der Waals surface area contributed by atoms with E-state index in [0.717, 1.165) is 5.56 Å². The van der Waals surface area contributed by atoms with Crippen molar-refractivity contribution in [2.45, 2.75) is 31.8 Å². The Morgan fingerprint density at radius 3 is 2.60 bits per heavy atom. The molecule has 1 aromatic heterocycles. The molecule has 1 amide bonds. The summed E-state index contributed by atoms with van der Waals surface area (Å²) in [5.41, 5.74) is -0.593. The maximum atomic E-state index is 12.8. The first-order valence-electron chi connectivity index (χ1n) is 8.09. The number of carboxylic acid groups (broad SMARTS) is 1. The zero-order valence-corrected chi connectivity index (χ0v) is 13.9. The minimum absolute atomic E-state index is 0.0740. The molecule has 1 aromatic carbocycles. The van der Waals surface area contributed by atoms with E-state index in [9.17, 15) is 19.5 Å². The molecule has 1 unspecified atom stereocenters. The van der Waals surface area contributed by atoms with E-state index < -0.39 is 17.4 Å². The first kappa shape index (κ1) is 16.9. The second-order valence-electron chi connectivity index (χ2n) is 6.34. The zero-order valence-electron chi connectivity index (χ0n) is 13.9. The van der Waals surface area contributed by atoms with Crippen molar-refractivity contribution in [2.75, 3.05) is 6.54 Å². The van der Waals surface area contributed by atoms with E-state index in [2.05, 4.69) is 5.10 Å². The molecule has 2 aromatic rings. The lowest BCUT2D eigenvalue weighted by Crippen LogP contribution is -2.51. The molecule has 0 radical (unpaired) electrons. The molecular formula is C18H19N3O4. The summed E-state index contributed by atoms with van der Waals surface area (Å²) in [5, 5.41) is 13.6. The summed E-state index contributed by atoms with van der Waals surface area (Å²) >= 11 is 0. The van der Waals surface area contributed by atoms with Gasteiger partial charge in [0, 0.05) is 12.6 Å². The topological polar surface area (TPSA) is 92.5 Å². The van der Waals surface area contributed by atoms with E-state index in [1.165, 1.54) is 21.7 Å². The molecular weight excluding hydrogens is 322 g/mol. The molecule has 1 N–H and O–H groups in total. The molecule has 0 saturated carbocycles. The lowest BCUT2D eigenvalue weighted by atomic mass is 9.99. The van der Waals surface area contributed by atoms with Gasteiger partial charge in [-0.3, -0.25) is 9.59 Å². The maximum absolute atomic E-state index is 12.8. The van der Waals surface area contributed by atoms with Crippen LogP contribution in [0.25, 0.3) is 0 Å². The minimum atomic E-state index is -1.24. The van der Waals surface area contributed by atoms with Crippen LogP contribution in [-0.2, 0) is 11.3 Å². The molecule has 7 heteroatoms. The van der Waals surface area contributed by atoms with Crippen LogP contribution in [0.1, 0.15) is 35.8 Å².